The molecule has 1 aromatic carbocycles. The van der Waals surface area contributed by atoms with E-state index in [-0.39, 0.29) is 17.9 Å². The first-order valence-electron chi connectivity index (χ1n) is 8.99. The van der Waals surface area contributed by atoms with Crippen molar-refractivity contribution in [1.29, 1.82) is 0 Å². The van der Waals surface area contributed by atoms with Crippen molar-refractivity contribution in [1.82, 2.24) is 5.32 Å². The van der Waals surface area contributed by atoms with E-state index in [9.17, 15) is 14.4 Å². The Kier molecular flexibility index (Phi) is 6.24. The highest BCUT2D eigenvalue weighted by atomic mass is 32.1. The van der Waals surface area contributed by atoms with Gasteiger partial charge in [0.2, 0.25) is 0 Å². The molecule has 0 aliphatic heterocycles. The van der Waals surface area contributed by atoms with Crippen LogP contribution < -0.4 is 10.6 Å². The van der Waals surface area contributed by atoms with Crippen LogP contribution in [0.1, 0.15) is 52.6 Å². The smallest absolute Gasteiger partial charge is 0.338 e. The van der Waals surface area contributed by atoms with Crippen LogP contribution in [0.3, 0.4) is 0 Å². The molecule has 0 unspecified atom stereocenters. The third-order valence-electron chi connectivity index (χ3n) is 4.48. The van der Waals surface area contributed by atoms with Gasteiger partial charge >= 0.3 is 5.97 Å². The summed E-state index contributed by atoms with van der Waals surface area (Å²) in [5, 5.41) is 7.51. The summed E-state index contributed by atoms with van der Waals surface area (Å²) in [6.07, 6.45) is 3.34. The van der Waals surface area contributed by atoms with Gasteiger partial charge in [-0.25, -0.2) is 4.79 Å². The molecule has 1 saturated carbocycles. The molecule has 1 heterocycles. The highest BCUT2D eigenvalue weighted by Crippen LogP contribution is 2.18. The van der Waals surface area contributed by atoms with Crippen LogP contribution in [-0.2, 0) is 9.53 Å². The predicted octanol–water partition coefficient (Wildman–Crippen LogP) is 3.60. The van der Waals surface area contributed by atoms with E-state index in [4.69, 9.17) is 4.74 Å². The molecule has 0 spiro atoms. The molecule has 3 rings (SSSR count). The number of hydrogen-bond donors (Lipinski definition) is 2. The van der Waals surface area contributed by atoms with Crippen molar-refractivity contribution in [2.45, 2.75) is 44.8 Å². The van der Waals surface area contributed by atoms with Gasteiger partial charge in [-0.15, -0.1) is 11.3 Å². The van der Waals surface area contributed by atoms with Crippen LogP contribution in [0.2, 0.25) is 0 Å². The average molecular weight is 386 g/mol. The fraction of sp³-hybridized carbons (Fsp3) is 0.350. The van der Waals surface area contributed by atoms with Gasteiger partial charge in [0.25, 0.3) is 11.8 Å². The first-order chi connectivity index (χ1) is 13.0. The monoisotopic (exact) mass is 386 g/mol. The Bertz CT molecular complexity index is 796. The van der Waals surface area contributed by atoms with E-state index in [1.807, 2.05) is 11.4 Å². The Morgan fingerprint density at radius 1 is 1.11 bits per heavy atom. The van der Waals surface area contributed by atoms with Gasteiger partial charge in [0, 0.05) is 11.7 Å². The van der Waals surface area contributed by atoms with Crippen LogP contribution in [0, 0.1) is 0 Å². The number of hydrogen-bond acceptors (Lipinski definition) is 5. The molecule has 0 radical (unpaired) electrons. The molecule has 2 amide bonds. The van der Waals surface area contributed by atoms with Crippen LogP contribution in [-0.4, -0.2) is 29.9 Å². The zero-order valence-electron chi connectivity index (χ0n) is 15.1. The lowest BCUT2D eigenvalue weighted by Gasteiger charge is -2.17. The zero-order chi connectivity index (χ0) is 19.2. The molecule has 2 N–H and O–H groups in total. The summed E-state index contributed by atoms with van der Waals surface area (Å²) in [5.74, 6) is -1.03. The average Bonchev–Trinajstić information content (AvgIpc) is 3.36. The van der Waals surface area contributed by atoms with Crippen molar-refractivity contribution in [3.8, 4) is 0 Å². The molecule has 142 valence electrons. The van der Waals surface area contributed by atoms with Crippen LogP contribution in [0.25, 0.3) is 0 Å². The second kappa shape index (κ2) is 8.81. The fourth-order valence-electron chi connectivity index (χ4n) is 2.96. The maximum Gasteiger partial charge on any atom is 0.338 e. The first kappa shape index (κ1) is 19.1. The number of amides is 2. The molecule has 0 saturated heterocycles. The molecule has 0 bridgehead atoms. The number of esters is 1. The molecule has 6 nitrogen and oxygen atoms in total. The molecule has 1 aromatic heterocycles. The van der Waals surface area contributed by atoms with E-state index in [1.54, 1.807) is 37.3 Å². The van der Waals surface area contributed by atoms with E-state index in [2.05, 4.69) is 10.6 Å². The second-order valence-corrected chi connectivity index (χ2v) is 7.49. The maximum absolute atomic E-state index is 12.2. The van der Waals surface area contributed by atoms with Crippen LogP contribution in [0.15, 0.2) is 41.8 Å². The number of anilines is 1. The Balaban J connectivity index is 1.52. The lowest BCUT2D eigenvalue weighted by molar-refractivity contribution is -0.129. The number of nitrogens with one attached hydrogen (secondary N) is 2. The lowest BCUT2D eigenvalue weighted by Crippen LogP contribution is -2.40. The van der Waals surface area contributed by atoms with E-state index in [0.717, 1.165) is 25.7 Å². The molecule has 1 atom stereocenters. The van der Waals surface area contributed by atoms with Crippen molar-refractivity contribution >= 4 is 34.8 Å². The van der Waals surface area contributed by atoms with Gasteiger partial charge in [-0.3, -0.25) is 9.59 Å². The summed E-state index contributed by atoms with van der Waals surface area (Å²) in [4.78, 5) is 37.0. The van der Waals surface area contributed by atoms with Crippen molar-refractivity contribution in [3.05, 3.63) is 52.2 Å². The van der Waals surface area contributed by atoms with Gasteiger partial charge in [-0.2, -0.15) is 0 Å². The largest absolute Gasteiger partial charge is 0.449 e. The van der Waals surface area contributed by atoms with Gasteiger partial charge in [-0.05, 0) is 55.5 Å². The van der Waals surface area contributed by atoms with E-state index in [0.29, 0.717) is 16.1 Å². The number of carbonyl (C=O) groups is 3. The molecular weight excluding hydrogens is 364 g/mol. The minimum atomic E-state index is -0.851. The minimum absolute atomic E-state index is 0.185. The van der Waals surface area contributed by atoms with Crippen LogP contribution >= 0.6 is 11.3 Å². The third-order valence-corrected chi connectivity index (χ3v) is 5.35. The molecule has 7 heteroatoms. The van der Waals surface area contributed by atoms with Crippen LogP contribution in [0.5, 0.6) is 0 Å². The lowest BCUT2D eigenvalue weighted by atomic mass is 10.2. The molecule has 27 heavy (non-hydrogen) atoms. The van der Waals surface area contributed by atoms with Crippen molar-refractivity contribution in [2.75, 3.05) is 5.32 Å². The predicted molar refractivity (Wildman–Crippen MR) is 104 cm³/mol. The topological polar surface area (TPSA) is 84.5 Å². The van der Waals surface area contributed by atoms with Gasteiger partial charge in [0.1, 0.15) is 0 Å². The van der Waals surface area contributed by atoms with E-state index in [1.165, 1.54) is 11.3 Å². The highest BCUT2D eigenvalue weighted by Gasteiger charge is 2.23. The molecule has 2 aromatic rings. The molecule has 1 aliphatic carbocycles. The maximum atomic E-state index is 12.2. The molecule has 1 fully saturated rings. The number of carbonyl (C=O) groups excluding carboxylic acids is 3. The summed E-state index contributed by atoms with van der Waals surface area (Å²) in [5.41, 5.74) is 0.904. The standard InChI is InChI=1S/C20H22N2O4S/c1-13(18(23)21-15-5-2-3-6-15)26-20(25)14-8-10-16(11-9-14)22-19(24)17-7-4-12-27-17/h4,7-13,15H,2-3,5-6H2,1H3,(H,21,23)(H,22,24)/t13-/m0/s1. The van der Waals surface area contributed by atoms with Gasteiger partial charge in [0.15, 0.2) is 6.10 Å². The summed E-state index contributed by atoms with van der Waals surface area (Å²) >= 11 is 1.35. The first-order valence-corrected chi connectivity index (χ1v) is 9.87. The van der Waals surface area contributed by atoms with Crippen molar-refractivity contribution < 1.29 is 19.1 Å². The number of benzene rings is 1. The summed E-state index contributed by atoms with van der Waals surface area (Å²) in [7, 11) is 0. The second-order valence-electron chi connectivity index (χ2n) is 6.55. The Morgan fingerprint density at radius 3 is 2.44 bits per heavy atom. The SMILES string of the molecule is C[C@H](OC(=O)c1ccc(NC(=O)c2cccs2)cc1)C(=O)NC1CCCC1. The summed E-state index contributed by atoms with van der Waals surface area (Å²) in [6, 6.07) is 10.1. The fourth-order valence-corrected chi connectivity index (χ4v) is 3.58. The quantitative estimate of drug-likeness (QED) is 0.743. The Morgan fingerprint density at radius 2 is 1.81 bits per heavy atom. The van der Waals surface area contributed by atoms with Gasteiger partial charge in [0.05, 0.1) is 10.4 Å². The minimum Gasteiger partial charge on any atom is -0.449 e. The molecule has 1 aliphatic rings. The Hall–Kier alpha value is -2.67. The van der Waals surface area contributed by atoms with Crippen molar-refractivity contribution in [2.24, 2.45) is 0 Å². The zero-order valence-corrected chi connectivity index (χ0v) is 15.9. The normalized spacial score (nSPS) is 15.1. The van der Waals surface area contributed by atoms with E-state index >= 15 is 0 Å². The summed E-state index contributed by atoms with van der Waals surface area (Å²) in [6.45, 7) is 1.57. The van der Waals surface area contributed by atoms with E-state index < -0.39 is 12.1 Å². The van der Waals surface area contributed by atoms with Gasteiger partial charge < -0.3 is 15.4 Å². The Labute approximate surface area is 161 Å². The van der Waals surface area contributed by atoms with Gasteiger partial charge in [-0.1, -0.05) is 18.9 Å². The highest BCUT2D eigenvalue weighted by molar-refractivity contribution is 7.12. The number of ether oxygens (including phenoxy) is 1. The van der Waals surface area contributed by atoms with Crippen LogP contribution in [0.4, 0.5) is 5.69 Å². The number of thiophene rings is 1. The third kappa shape index (κ3) is 5.17. The summed E-state index contributed by atoms with van der Waals surface area (Å²) < 4.78 is 5.25. The number of rotatable bonds is 6. The van der Waals surface area contributed by atoms with Crippen molar-refractivity contribution in [3.63, 3.8) is 0 Å². The molecular formula is C20H22N2O4S.